The predicted molar refractivity (Wildman–Crippen MR) is 75.6 cm³/mol. The van der Waals surface area contributed by atoms with Crippen LogP contribution in [-0.4, -0.2) is 19.0 Å². The Kier molecular flexibility index (Phi) is 4.78. The fourth-order valence-corrected chi connectivity index (χ4v) is 3.40. The molecule has 1 unspecified atom stereocenters. The third kappa shape index (κ3) is 3.12. The smallest absolute Gasteiger partial charge is 0.227 e. The first-order chi connectivity index (χ1) is 8.77. The third-order valence-corrected chi connectivity index (χ3v) is 4.45. The molecule has 1 aliphatic rings. The van der Waals surface area contributed by atoms with Gasteiger partial charge in [0.1, 0.15) is 0 Å². The average molecular weight is 266 g/mol. The van der Waals surface area contributed by atoms with Crippen molar-refractivity contribution in [3.05, 3.63) is 22.4 Å². The van der Waals surface area contributed by atoms with Gasteiger partial charge < -0.3 is 10.6 Å². The molecule has 100 valence electrons. The molecule has 1 saturated heterocycles. The van der Waals surface area contributed by atoms with Gasteiger partial charge in [-0.2, -0.15) is 11.3 Å². The molecule has 1 aromatic heterocycles. The van der Waals surface area contributed by atoms with Crippen LogP contribution in [0.25, 0.3) is 0 Å². The van der Waals surface area contributed by atoms with E-state index < -0.39 is 0 Å². The lowest BCUT2D eigenvalue weighted by Crippen LogP contribution is -2.50. The number of rotatable bonds is 5. The molecule has 1 atom stereocenters. The Bertz CT molecular complexity index is 364. The van der Waals surface area contributed by atoms with Crippen LogP contribution in [0.15, 0.2) is 16.8 Å². The van der Waals surface area contributed by atoms with Gasteiger partial charge in [-0.05, 0) is 48.2 Å². The quantitative estimate of drug-likeness (QED) is 0.860. The summed E-state index contributed by atoms with van der Waals surface area (Å²) in [7, 11) is 0. The Hall–Kier alpha value is -0.870. The molecule has 3 nitrogen and oxygen atoms in total. The lowest BCUT2D eigenvalue weighted by Gasteiger charge is -2.36. The Morgan fingerprint density at radius 3 is 3.11 bits per heavy atom. The van der Waals surface area contributed by atoms with Crippen molar-refractivity contribution in [3.63, 3.8) is 0 Å². The number of carbonyl (C=O) groups excluding carboxylic acids is 1. The highest BCUT2D eigenvalue weighted by Crippen LogP contribution is 2.31. The molecule has 1 amide bonds. The van der Waals surface area contributed by atoms with E-state index in [1.807, 2.05) is 5.38 Å². The molecule has 0 spiro atoms. The highest BCUT2D eigenvalue weighted by atomic mass is 32.1. The zero-order chi connectivity index (χ0) is 12.8. The van der Waals surface area contributed by atoms with E-state index in [0.717, 1.165) is 38.8 Å². The summed E-state index contributed by atoms with van der Waals surface area (Å²) in [5.41, 5.74) is 1.02. The molecule has 0 aromatic carbocycles. The zero-order valence-electron chi connectivity index (χ0n) is 11.0. The molecule has 18 heavy (non-hydrogen) atoms. The summed E-state index contributed by atoms with van der Waals surface area (Å²) in [5, 5.41) is 10.6. The maximum atomic E-state index is 12.5. The van der Waals surface area contributed by atoms with E-state index in [9.17, 15) is 4.79 Å². The van der Waals surface area contributed by atoms with E-state index >= 15 is 0 Å². The molecule has 1 fully saturated rings. The number of piperidine rings is 1. The van der Waals surface area contributed by atoms with Gasteiger partial charge in [0, 0.05) is 13.1 Å². The third-order valence-electron chi connectivity index (χ3n) is 3.72. The van der Waals surface area contributed by atoms with Crippen LogP contribution in [-0.2, 0) is 11.3 Å². The molecule has 0 bridgehead atoms. The first-order valence-corrected chi connectivity index (χ1v) is 7.71. The first kappa shape index (κ1) is 13.6. The monoisotopic (exact) mass is 266 g/mol. The Morgan fingerprint density at radius 2 is 2.50 bits per heavy atom. The molecule has 2 rings (SSSR count). The van der Waals surface area contributed by atoms with Crippen molar-refractivity contribution in [3.8, 4) is 0 Å². The largest absolute Gasteiger partial charge is 0.351 e. The van der Waals surface area contributed by atoms with Crippen LogP contribution in [0, 0.1) is 5.41 Å². The van der Waals surface area contributed by atoms with Crippen molar-refractivity contribution in [2.45, 2.75) is 39.2 Å². The molecule has 0 radical (unpaired) electrons. The average Bonchev–Trinajstić information content (AvgIpc) is 2.90. The maximum absolute atomic E-state index is 12.5. The second-order valence-corrected chi connectivity index (χ2v) is 5.90. The molecule has 1 aliphatic heterocycles. The second-order valence-electron chi connectivity index (χ2n) is 5.12. The van der Waals surface area contributed by atoms with Gasteiger partial charge in [-0.1, -0.05) is 13.3 Å². The van der Waals surface area contributed by atoms with Gasteiger partial charge in [0.15, 0.2) is 0 Å². The SMILES string of the molecule is CCCC1(C(=O)NCc2ccsc2)CCCNC1. The minimum absolute atomic E-state index is 0.178. The van der Waals surface area contributed by atoms with Crippen molar-refractivity contribution >= 4 is 17.2 Å². The molecule has 2 N–H and O–H groups in total. The van der Waals surface area contributed by atoms with Gasteiger partial charge in [0.25, 0.3) is 0 Å². The standard InChI is InChI=1S/C14H22N2OS/c1-2-5-14(6-3-7-15-11-14)13(17)16-9-12-4-8-18-10-12/h4,8,10,15H,2-3,5-7,9,11H2,1H3,(H,16,17). The van der Waals surface area contributed by atoms with E-state index in [0.29, 0.717) is 6.54 Å². The van der Waals surface area contributed by atoms with E-state index in [4.69, 9.17) is 0 Å². The molecular formula is C14H22N2OS. The van der Waals surface area contributed by atoms with Gasteiger partial charge in [-0.3, -0.25) is 4.79 Å². The summed E-state index contributed by atoms with van der Waals surface area (Å²) in [6, 6.07) is 2.07. The normalized spacial score (nSPS) is 23.8. The second kappa shape index (κ2) is 6.34. The number of hydrogen-bond donors (Lipinski definition) is 2. The number of hydrogen-bond acceptors (Lipinski definition) is 3. The summed E-state index contributed by atoms with van der Waals surface area (Å²) in [6.45, 7) is 4.69. The Morgan fingerprint density at radius 1 is 1.61 bits per heavy atom. The van der Waals surface area contributed by atoms with Crippen molar-refractivity contribution < 1.29 is 4.79 Å². The lowest BCUT2D eigenvalue weighted by molar-refractivity contribution is -0.132. The zero-order valence-corrected chi connectivity index (χ0v) is 11.8. The summed E-state index contributed by atoms with van der Waals surface area (Å²) >= 11 is 1.67. The molecule has 2 heterocycles. The first-order valence-electron chi connectivity index (χ1n) is 6.77. The van der Waals surface area contributed by atoms with Gasteiger partial charge in [-0.15, -0.1) is 0 Å². The fourth-order valence-electron chi connectivity index (χ4n) is 2.73. The van der Waals surface area contributed by atoms with E-state index in [1.54, 1.807) is 11.3 Å². The van der Waals surface area contributed by atoms with Gasteiger partial charge >= 0.3 is 0 Å². The van der Waals surface area contributed by atoms with Crippen molar-refractivity contribution in [1.82, 2.24) is 10.6 Å². The van der Waals surface area contributed by atoms with Crippen LogP contribution in [0.3, 0.4) is 0 Å². The van der Waals surface area contributed by atoms with Crippen LogP contribution >= 0.6 is 11.3 Å². The summed E-state index contributed by atoms with van der Waals surface area (Å²) in [6.07, 6.45) is 4.16. The predicted octanol–water partition coefficient (Wildman–Crippen LogP) is 2.53. The minimum Gasteiger partial charge on any atom is -0.351 e. The number of carbonyl (C=O) groups is 1. The van der Waals surface area contributed by atoms with Gasteiger partial charge in [0.05, 0.1) is 5.41 Å². The lowest BCUT2D eigenvalue weighted by atomic mass is 9.76. The van der Waals surface area contributed by atoms with Crippen molar-refractivity contribution in [2.24, 2.45) is 5.41 Å². The Balaban J connectivity index is 1.95. The molecule has 0 aliphatic carbocycles. The van der Waals surface area contributed by atoms with Crippen molar-refractivity contribution in [2.75, 3.05) is 13.1 Å². The van der Waals surface area contributed by atoms with Crippen LogP contribution in [0.1, 0.15) is 38.2 Å². The number of thiophene rings is 1. The fraction of sp³-hybridized carbons (Fsp3) is 0.643. The molecule has 4 heteroatoms. The topological polar surface area (TPSA) is 41.1 Å². The molecule has 1 aromatic rings. The number of nitrogens with one attached hydrogen (secondary N) is 2. The minimum atomic E-state index is -0.178. The van der Waals surface area contributed by atoms with Crippen LogP contribution < -0.4 is 10.6 Å². The van der Waals surface area contributed by atoms with Crippen LogP contribution in [0.4, 0.5) is 0 Å². The Labute approximate surface area is 113 Å². The van der Waals surface area contributed by atoms with Crippen LogP contribution in [0.2, 0.25) is 0 Å². The van der Waals surface area contributed by atoms with Gasteiger partial charge in [0.2, 0.25) is 5.91 Å². The summed E-state index contributed by atoms with van der Waals surface area (Å²) in [5.74, 6) is 0.225. The van der Waals surface area contributed by atoms with Gasteiger partial charge in [-0.25, -0.2) is 0 Å². The molecular weight excluding hydrogens is 244 g/mol. The van der Waals surface area contributed by atoms with Crippen LogP contribution in [0.5, 0.6) is 0 Å². The molecule has 0 saturated carbocycles. The van der Waals surface area contributed by atoms with E-state index in [2.05, 4.69) is 29.0 Å². The number of amides is 1. The maximum Gasteiger partial charge on any atom is 0.227 e. The van der Waals surface area contributed by atoms with E-state index in [1.165, 1.54) is 5.56 Å². The highest BCUT2D eigenvalue weighted by Gasteiger charge is 2.38. The van der Waals surface area contributed by atoms with Crippen molar-refractivity contribution in [1.29, 1.82) is 0 Å². The van der Waals surface area contributed by atoms with E-state index in [-0.39, 0.29) is 11.3 Å². The summed E-state index contributed by atoms with van der Waals surface area (Å²) in [4.78, 5) is 12.5. The summed E-state index contributed by atoms with van der Waals surface area (Å²) < 4.78 is 0. The highest BCUT2D eigenvalue weighted by molar-refractivity contribution is 7.07.